The molecule has 0 unspecified atom stereocenters. The zero-order valence-corrected chi connectivity index (χ0v) is 11.2. The highest BCUT2D eigenvalue weighted by Gasteiger charge is 2.39. The maximum absolute atomic E-state index is 12.2. The number of primary sulfonamides is 1. The van der Waals surface area contributed by atoms with Gasteiger partial charge in [0.1, 0.15) is 0 Å². The molecule has 0 atom stereocenters. The lowest BCUT2D eigenvalue weighted by Crippen LogP contribution is -2.30. The summed E-state index contributed by atoms with van der Waals surface area (Å²) in [5, 5.41) is 5.04. The number of nitrogens with zero attached hydrogens (tertiary/aromatic N) is 3. The highest BCUT2D eigenvalue weighted by Crippen LogP contribution is 2.27. The molecule has 9 heteroatoms. The van der Waals surface area contributed by atoms with Gasteiger partial charge in [0.2, 0.25) is 10.0 Å². The number of nitrogens with two attached hydrogens (primary N) is 1. The fourth-order valence-corrected chi connectivity index (χ4v) is 2.54. The van der Waals surface area contributed by atoms with Crippen molar-refractivity contribution in [2.24, 2.45) is 5.14 Å². The summed E-state index contributed by atoms with van der Waals surface area (Å²) in [5.74, 6) is -1.32. The molecule has 0 radical (unpaired) electrons. The van der Waals surface area contributed by atoms with Crippen LogP contribution in [-0.2, 0) is 10.0 Å². The van der Waals surface area contributed by atoms with Gasteiger partial charge in [-0.15, -0.1) is 0 Å². The van der Waals surface area contributed by atoms with E-state index in [-0.39, 0.29) is 22.0 Å². The Hall–Kier alpha value is -2.65. The molecule has 1 aliphatic heterocycles. The molecule has 0 aliphatic carbocycles. The van der Waals surface area contributed by atoms with Gasteiger partial charge in [0.15, 0.2) is 11.4 Å². The van der Waals surface area contributed by atoms with Gasteiger partial charge in [-0.3, -0.25) is 9.59 Å². The van der Waals surface area contributed by atoms with Crippen LogP contribution in [0.3, 0.4) is 0 Å². The Balaban J connectivity index is 2.12. The number of carbonyl (C=O) groups is 2. The van der Waals surface area contributed by atoms with Crippen molar-refractivity contribution >= 4 is 27.5 Å². The fraction of sp³-hybridized carbons (Fsp3) is 0. The van der Waals surface area contributed by atoms with Crippen LogP contribution >= 0.6 is 0 Å². The van der Waals surface area contributed by atoms with Gasteiger partial charge in [0.05, 0.1) is 10.6 Å². The molecule has 0 fully saturated rings. The van der Waals surface area contributed by atoms with Crippen molar-refractivity contribution in [2.45, 2.75) is 4.90 Å². The third-order valence-corrected chi connectivity index (χ3v) is 3.82. The van der Waals surface area contributed by atoms with Crippen LogP contribution in [-0.4, -0.2) is 30.2 Å². The number of benzene rings is 1. The van der Waals surface area contributed by atoms with Crippen LogP contribution in [0, 0.1) is 0 Å². The monoisotopic (exact) mass is 304 g/mol. The number of hydrogen-bond acceptors (Lipinski definition) is 6. The molecule has 0 saturated carbocycles. The fourth-order valence-electron chi connectivity index (χ4n) is 1.99. The maximum Gasteiger partial charge on any atom is 0.286 e. The first kappa shape index (κ1) is 13.3. The zero-order valence-electron chi connectivity index (χ0n) is 10.4. The van der Waals surface area contributed by atoms with Crippen molar-refractivity contribution in [3.63, 3.8) is 0 Å². The summed E-state index contributed by atoms with van der Waals surface area (Å²) in [6, 6.07) is 5.24. The van der Waals surface area contributed by atoms with Gasteiger partial charge in [-0.1, -0.05) is 6.07 Å². The predicted molar refractivity (Wildman–Crippen MR) is 71.0 cm³/mol. The summed E-state index contributed by atoms with van der Waals surface area (Å²) in [6.07, 6.45) is 2.60. The molecule has 0 spiro atoms. The van der Waals surface area contributed by atoms with E-state index in [0.717, 1.165) is 11.0 Å². The van der Waals surface area contributed by atoms with Gasteiger partial charge < -0.3 is 0 Å². The van der Waals surface area contributed by atoms with Gasteiger partial charge in [-0.05, 0) is 18.2 Å². The molecule has 0 saturated heterocycles. The van der Waals surface area contributed by atoms with E-state index in [2.05, 4.69) is 9.97 Å². The molecule has 1 aromatic carbocycles. The van der Waals surface area contributed by atoms with Crippen molar-refractivity contribution in [1.29, 1.82) is 0 Å². The Bertz CT molecular complexity index is 843. The highest BCUT2D eigenvalue weighted by molar-refractivity contribution is 7.89. The molecule has 3 rings (SSSR count). The van der Waals surface area contributed by atoms with Crippen molar-refractivity contribution in [1.82, 2.24) is 9.97 Å². The molecule has 2 aromatic rings. The molecule has 2 N–H and O–H groups in total. The van der Waals surface area contributed by atoms with E-state index in [1.807, 2.05) is 0 Å². The summed E-state index contributed by atoms with van der Waals surface area (Å²) in [6.45, 7) is 0. The molecule has 106 valence electrons. The van der Waals surface area contributed by atoms with Crippen molar-refractivity contribution in [3.8, 4) is 0 Å². The Morgan fingerprint density at radius 3 is 2.10 bits per heavy atom. The lowest BCUT2D eigenvalue weighted by molar-refractivity contribution is 0.0923. The highest BCUT2D eigenvalue weighted by atomic mass is 32.2. The summed E-state index contributed by atoms with van der Waals surface area (Å²) in [7, 11) is -3.94. The first-order valence-corrected chi connectivity index (χ1v) is 7.27. The number of amides is 2. The second kappa shape index (κ2) is 4.43. The second-order valence-electron chi connectivity index (χ2n) is 4.24. The van der Waals surface area contributed by atoms with Crippen LogP contribution in [0.5, 0.6) is 0 Å². The smallest absolute Gasteiger partial charge is 0.266 e. The van der Waals surface area contributed by atoms with Crippen LogP contribution in [0.25, 0.3) is 0 Å². The topological polar surface area (TPSA) is 123 Å². The van der Waals surface area contributed by atoms with Crippen LogP contribution in [0.4, 0.5) is 5.69 Å². The van der Waals surface area contributed by atoms with Gasteiger partial charge in [0, 0.05) is 12.4 Å². The molecule has 2 amide bonds. The standard InChI is InChI=1S/C12H8N4O4S/c13-21(19,20)8-3-1-2-7(6-8)16-11(17)9-10(12(16)18)15-5-4-14-9/h1-6H,(H2,13,19,20). The van der Waals surface area contributed by atoms with E-state index in [4.69, 9.17) is 5.14 Å². The predicted octanol–water partition coefficient (Wildman–Crippen LogP) is -0.0754. The third kappa shape index (κ3) is 2.08. The summed E-state index contributed by atoms with van der Waals surface area (Å²) >= 11 is 0. The minimum absolute atomic E-state index is 0.0662. The molecule has 0 bridgehead atoms. The van der Waals surface area contributed by atoms with E-state index < -0.39 is 21.8 Å². The molecule has 1 aliphatic rings. The lowest BCUT2D eigenvalue weighted by atomic mass is 10.3. The minimum Gasteiger partial charge on any atom is -0.266 e. The van der Waals surface area contributed by atoms with E-state index >= 15 is 0 Å². The zero-order chi connectivity index (χ0) is 15.2. The van der Waals surface area contributed by atoms with Crippen LogP contribution in [0.1, 0.15) is 21.0 Å². The number of hydrogen-bond donors (Lipinski definition) is 1. The maximum atomic E-state index is 12.2. The lowest BCUT2D eigenvalue weighted by Gasteiger charge is -2.13. The minimum atomic E-state index is -3.94. The molecular weight excluding hydrogens is 296 g/mol. The number of imide groups is 1. The summed E-state index contributed by atoms with van der Waals surface area (Å²) < 4.78 is 22.7. The van der Waals surface area contributed by atoms with Gasteiger partial charge in [-0.25, -0.2) is 28.4 Å². The molecule has 1 aromatic heterocycles. The van der Waals surface area contributed by atoms with Crippen LogP contribution < -0.4 is 10.0 Å². The summed E-state index contributed by atoms with van der Waals surface area (Å²) in [5.41, 5.74) is -0.0386. The van der Waals surface area contributed by atoms with Crippen molar-refractivity contribution in [3.05, 3.63) is 48.0 Å². The molecular formula is C12H8N4O4S. The number of fused-ring (bicyclic) bond motifs is 1. The molecule has 21 heavy (non-hydrogen) atoms. The Morgan fingerprint density at radius 1 is 1.00 bits per heavy atom. The Kier molecular flexibility index (Phi) is 2.81. The van der Waals surface area contributed by atoms with E-state index in [1.165, 1.54) is 30.6 Å². The number of sulfonamides is 1. The number of aromatic nitrogens is 2. The summed E-state index contributed by atoms with van der Waals surface area (Å²) in [4.78, 5) is 32.6. The van der Waals surface area contributed by atoms with Crippen molar-refractivity contribution in [2.75, 3.05) is 4.90 Å². The van der Waals surface area contributed by atoms with E-state index in [0.29, 0.717) is 0 Å². The van der Waals surface area contributed by atoms with Gasteiger partial charge >= 0.3 is 0 Å². The normalized spacial score (nSPS) is 14.4. The average molecular weight is 304 g/mol. The van der Waals surface area contributed by atoms with Gasteiger partial charge in [0.25, 0.3) is 11.8 Å². The first-order chi connectivity index (χ1) is 9.89. The van der Waals surface area contributed by atoms with Gasteiger partial charge in [-0.2, -0.15) is 0 Å². The second-order valence-corrected chi connectivity index (χ2v) is 5.80. The average Bonchev–Trinajstić information content (AvgIpc) is 2.71. The quantitative estimate of drug-likeness (QED) is 0.774. The first-order valence-electron chi connectivity index (χ1n) is 5.72. The third-order valence-electron chi connectivity index (χ3n) is 2.91. The SMILES string of the molecule is NS(=O)(=O)c1cccc(N2C(=O)c3nccnc3C2=O)c1. The van der Waals surface area contributed by atoms with Crippen LogP contribution in [0.2, 0.25) is 0 Å². The largest absolute Gasteiger partial charge is 0.286 e. The molecule has 8 nitrogen and oxygen atoms in total. The number of carbonyl (C=O) groups excluding carboxylic acids is 2. The van der Waals surface area contributed by atoms with Crippen molar-refractivity contribution < 1.29 is 18.0 Å². The van der Waals surface area contributed by atoms with E-state index in [1.54, 1.807) is 0 Å². The molecule has 2 heterocycles. The Morgan fingerprint density at radius 2 is 1.57 bits per heavy atom. The number of rotatable bonds is 2. The van der Waals surface area contributed by atoms with E-state index in [9.17, 15) is 18.0 Å². The number of anilines is 1. The van der Waals surface area contributed by atoms with Crippen LogP contribution in [0.15, 0.2) is 41.6 Å². The Labute approximate surface area is 119 Å².